The molecule has 2 N–H and O–H groups in total. The molecular weight excluding hydrogens is 322 g/mol. The maximum atomic E-state index is 11.4. The molecule has 5 heteroatoms. The van der Waals surface area contributed by atoms with Crippen LogP contribution in [0.15, 0.2) is 17.5 Å². The first kappa shape index (κ1) is 19.9. The predicted octanol–water partition coefficient (Wildman–Crippen LogP) is 3.34. The summed E-state index contributed by atoms with van der Waals surface area (Å²) < 4.78 is 6.78. The van der Waals surface area contributed by atoms with Gasteiger partial charge in [-0.05, 0) is 51.0 Å². The van der Waals surface area contributed by atoms with Gasteiger partial charge in [-0.15, -0.1) is 11.3 Å². The number of hydrogen-bond donors (Lipinski definition) is 2. The average molecular weight is 357 g/mol. The first-order valence-electron chi connectivity index (χ1n) is 9.43. The van der Waals surface area contributed by atoms with Gasteiger partial charge in [0.1, 0.15) is 6.54 Å². The summed E-state index contributed by atoms with van der Waals surface area (Å²) in [4.78, 5) is 0.823. The van der Waals surface area contributed by atoms with Crippen LogP contribution in [0.1, 0.15) is 51.3 Å². The van der Waals surface area contributed by atoms with Gasteiger partial charge in [-0.2, -0.15) is 0 Å². The van der Waals surface area contributed by atoms with Crippen molar-refractivity contribution in [1.82, 2.24) is 0 Å². The van der Waals surface area contributed by atoms with Crippen LogP contribution in [0.2, 0.25) is 0 Å². The molecule has 0 bridgehead atoms. The van der Waals surface area contributed by atoms with Gasteiger partial charge in [-0.3, -0.25) is 0 Å². The SMILES string of the molecule is CC[N+](CC)(CC)CCOC(O)C(O)(c1cccs1)C1CCCC1. The second-order valence-corrected chi connectivity index (χ2v) is 7.97. The van der Waals surface area contributed by atoms with E-state index in [1.54, 1.807) is 0 Å². The molecular formula is C19H34NO3S+. The summed E-state index contributed by atoms with van der Waals surface area (Å²) in [6.07, 6.45) is 2.98. The fourth-order valence-electron chi connectivity index (χ4n) is 4.03. The lowest BCUT2D eigenvalue weighted by Crippen LogP contribution is -2.51. The van der Waals surface area contributed by atoms with E-state index in [-0.39, 0.29) is 5.92 Å². The van der Waals surface area contributed by atoms with Gasteiger partial charge in [-0.25, -0.2) is 0 Å². The maximum absolute atomic E-state index is 11.4. The van der Waals surface area contributed by atoms with Crippen LogP contribution in [0, 0.1) is 5.92 Å². The molecule has 1 aromatic rings. The highest BCUT2D eigenvalue weighted by Gasteiger charge is 2.47. The van der Waals surface area contributed by atoms with Gasteiger partial charge in [0.25, 0.3) is 0 Å². The van der Waals surface area contributed by atoms with E-state index in [9.17, 15) is 10.2 Å². The minimum Gasteiger partial charge on any atom is -0.379 e. The Bertz CT molecular complexity index is 461. The van der Waals surface area contributed by atoms with Crippen LogP contribution in [0.3, 0.4) is 0 Å². The average Bonchev–Trinajstić information content (AvgIpc) is 3.32. The summed E-state index contributed by atoms with van der Waals surface area (Å²) in [5, 5.41) is 24.1. The molecule has 0 aromatic carbocycles. The number of nitrogens with zero attached hydrogens (tertiary/aromatic N) is 1. The fraction of sp³-hybridized carbons (Fsp3) is 0.789. The lowest BCUT2D eigenvalue weighted by atomic mass is 9.84. The lowest BCUT2D eigenvalue weighted by molar-refractivity contribution is -0.923. The smallest absolute Gasteiger partial charge is 0.189 e. The summed E-state index contributed by atoms with van der Waals surface area (Å²) in [6.45, 7) is 11.1. The van der Waals surface area contributed by atoms with E-state index in [1.165, 1.54) is 11.3 Å². The Morgan fingerprint density at radius 1 is 1.25 bits per heavy atom. The Balaban J connectivity index is 2.05. The molecule has 2 unspecified atom stereocenters. The summed E-state index contributed by atoms with van der Waals surface area (Å²) in [6, 6.07) is 3.85. The third kappa shape index (κ3) is 4.02. The van der Waals surface area contributed by atoms with Crippen molar-refractivity contribution in [2.75, 3.05) is 32.8 Å². The third-order valence-electron chi connectivity index (χ3n) is 6.12. The summed E-state index contributed by atoms with van der Waals surface area (Å²) in [5.74, 6) is 0.0777. The number of likely N-dealkylation sites (N-methyl/N-ethyl adjacent to an activating group) is 1. The molecule has 1 aromatic heterocycles. The zero-order valence-electron chi connectivity index (χ0n) is 15.4. The van der Waals surface area contributed by atoms with Crippen LogP contribution >= 0.6 is 11.3 Å². The molecule has 4 nitrogen and oxygen atoms in total. The Kier molecular flexibility index (Phi) is 7.25. The van der Waals surface area contributed by atoms with Crippen LogP contribution in [-0.2, 0) is 10.3 Å². The number of ether oxygens (including phenoxy) is 1. The second kappa shape index (κ2) is 8.77. The van der Waals surface area contributed by atoms with Gasteiger partial charge < -0.3 is 19.4 Å². The van der Waals surface area contributed by atoms with Crippen molar-refractivity contribution in [2.45, 2.75) is 58.3 Å². The van der Waals surface area contributed by atoms with Crippen molar-refractivity contribution >= 4 is 11.3 Å². The van der Waals surface area contributed by atoms with E-state index in [0.29, 0.717) is 6.61 Å². The number of aliphatic hydroxyl groups is 2. The van der Waals surface area contributed by atoms with E-state index < -0.39 is 11.9 Å². The minimum absolute atomic E-state index is 0.0777. The van der Waals surface area contributed by atoms with Gasteiger partial charge in [0.2, 0.25) is 0 Å². The molecule has 1 saturated carbocycles. The Labute approximate surface area is 150 Å². The van der Waals surface area contributed by atoms with Crippen molar-refractivity contribution < 1.29 is 19.4 Å². The molecule has 0 spiro atoms. The molecule has 0 amide bonds. The van der Waals surface area contributed by atoms with Crippen molar-refractivity contribution in [3.8, 4) is 0 Å². The highest BCUT2D eigenvalue weighted by molar-refractivity contribution is 7.10. The summed E-state index contributed by atoms with van der Waals surface area (Å²) >= 11 is 1.50. The Hall–Kier alpha value is -0.460. The van der Waals surface area contributed by atoms with Crippen LogP contribution in [0.4, 0.5) is 0 Å². The molecule has 0 radical (unpaired) electrons. The first-order valence-corrected chi connectivity index (χ1v) is 10.3. The molecule has 1 aliphatic carbocycles. The van der Waals surface area contributed by atoms with Gasteiger partial charge in [0.05, 0.1) is 26.2 Å². The quantitative estimate of drug-likeness (QED) is 0.499. The van der Waals surface area contributed by atoms with Crippen LogP contribution < -0.4 is 0 Å². The lowest BCUT2D eigenvalue weighted by Gasteiger charge is -2.39. The molecule has 1 aliphatic rings. The molecule has 0 saturated heterocycles. The van der Waals surface area contributed by atoms with E-state index in [4.69, 9.17) is 4.74 Å². The molecule has 1 fully saturated rings. The van der Waals surface area contributed by atoms with Crippen LogP contribution in [0.25, 0.3) is 0 Å². The minimum atomic E-state index is -1.27. The molecule has 1 heterocycles. The molecule has 0 aliphatic heterocycles. The third-order valence-corrected chi connectivity index (χ3v) is 7.13. The summed E-state index contributed by atoms with van der Waals surface area (Å²) in [7, 11) is 0. The normalized spacial score (nSPS) is 20.2. The highest BCUT2D eigenvalue weighted by Crippen LogP contribution is 2.44. The Morgan fingerprint density at radius 3 is 2.38 bits per heavy atom. The number of hydrogen-bond acceptors (Lipinski definition) is 4. The van der Waals surface area contributed by atoms with E-state index >= 15 is 0 Å². The van der Waals surface area contributed by atoms with Gasteiger partial charge >= 0.3 is 0 Å². The van der Waals surface area contributed by atoms with Crippen LogP contribution in [0.5, 0.6) is 0 Å². The van der Waals surface area contributed by atoms with E-state index in [0.717, 1.165) is 61.2 Å². The summed E-state index contributed by atoms with van der Waals surface area (Å²) in [5.41, 5.74) is -1.27. The number of aliphatic hydroxyl groups excluding tert-OH is 1. The number of quaternary nitrogens is 1. The maximum Gasteiger partial charge on any atom is 0.189 e. The number of thiophene rings is 1. The zero-order chi connectivity index (χ0) is 17.6. The van der Waals surface area contributed by atoms with Gasteiger partial charge in [0, 0.05) is 4.88 Å². The van der Waals surface area contributed by atoms with Gasteiger partial charge in [-0.1, -0.05) is 18.9 Å². The fourth-order valence-corrected chi connectivity index (χ4v) is 4.94. The van der Waals surface area contributed by atoms with Gasteiger partial charge in [0.15, 0.2) is 11.9 Å². The van der Waals surface area contributed by atoms with Crippen molar-refractivity contribution in [3.63, 3.8) is 0 Å². The molecule has 24 heavy (non-hydrogen) atoms. The number of rotatable bonds is 10. The topological polar surface area (TPSA) is 49.7 Å². The standard InChI is InChI=1S/C19H34NO3S/c1-4-20(5-2,6-3)13-14-23-18(21)19(22,16-10-7-8-11-16)17-12-9-15-24-17/h9,12,15-16,18,21-22H,4-8,10-11,13-14H2,1-3H3/q+1. The first-order chi connectivity index (χ1) is 11.5. The predicted molar refractivity (Wildman–Crippen MR) is 98.9 cm³/mol. The zero-order valence-corrected chi connectivity index (χ0v) is 16.2. The molecule has 2 atom stereocenters. The Morgan fingerprint density at radius 2 is 1.88 bits per heavy atom. The molecule has 2 rings (SSSR count). The van der Waals surface area contributed by atoms with Crippen molar-refractivity contribution in [3.05, 3.63) is 22.4 Å². The van der Waals surface area contributed by atoms with Crippen molar-refractivity contribution in [1.29, 1.82) is 0 Å². The molecule has 138 valence electrons. The highest BCUT2D eigenvalue weighted by atomic mass is 32.1. The largest absolute Gasteiger partial charge is 0.379 e. The van der Waals surface area contributed by atoms with Crippen LogP contribution in [-0.4, -0.2) is 53.8 Å². The van der Waals surface area contributed by atoms with Crippen molar-refractivity contribution in [2.24, 2.45) is 5.92 Å². The van der Waals surface area contributed by atoms with E-state index in [2.05, 4.69) is 20.8 Å². The second-order valence-electron chi connectivity index (χ2n) is 7.02. The van der Waals surface area contributed by atoms with E-state index in [1.807, 2.05) is 17.5 Å². The monoisotopic (exact) mass is 356 g/mol.